The quantitative estimate of drug-likeness (QED) is 0.650. The van der Waals surface area contributed by atoms with Crippen molar-refractivity contribution in [1.82, 2.24) is 15.3 Å². The van der Waals surface area contributed by atoms with Crippen LogP contribution in [-0.2, 0) is 14.3 Å². The summed E-state index contributed by atoms with van der Waals surface area (Å²) in [6, 6.07) is 5.95. The summed E-state index contributed by atoms with van der Waals surface area (Å²) in [5.41, 5.74) is 4.51. The third-order valence-corrected chi connectivity index (χ3v) is 4.68. The lowest BCUT2D eigenvalue weighted by Crippen LogP contribution is -2.45. The molecule has 1 aromatic rings. The third-order valence-electron chi connectivity index (χ3n) is 4.68. The predicted octanol–water partition coefficient (Wildman–Crippen LogP) is 0.726. The summed E-state index contributed by atoms with van der Waals surface area (Å²) in [6.07, 6.45) is 0. The van der Waals surface area contributed by atoms with E-state index in [-0.39, 0.29) is 23.9 Å². The highest BCUT2D eigenvalue weighted by Gasteiger charge is 2.58. The molecule has 0 bridgehead atoms. The van der Waals surface area contributed by atoms with Crippen LogP contribution in [0.5, 0.6) is 0 Å². The van der Waals surface area contributed by atoms with Gasteiger partial charge in [0.2, 0.25) is 11.8 Å². The molecule has 0 aliphatic carbocycles. The molecule has 0 aromatic heterocycles. The summed E-state index contributed by atoms with van der Waals surface area (Å²) >= 11 is 0. The normalized spacial score (nSPS) is 27.0. The van der Waals surface area contributed by atoms with Crippen LogP contribution in [0.15, 0.2) is 24.3 Å². The zero-order valence-corrected chi connectivity index (χ0v) is 14.1. The standard InChI is InChI=1S/C17H21N3O4/c1-9(2)20-15(21)12-13(18-19(3)14(12)16(20)22)10-5-7-11(8-6-10)17(23)24-4/h5-9,12-14,18H,1-4H3/t12-,13+,14+/m1/s1. The number of ether oxygens (including phenoxy) is 1. The molecule has 2 fully saturated rings. The van der Waals surface area contributed by atoms with E-state index in [0.29, 0.717) is 5.56 Å². The van der Waals surface area contributed by atoms with Crippen LogP contribution in [0.3, 0.4) is 0 Å². The van der Waals surface area contributed by atoms with E-state index in [4.69, 9.17) is 4.74 Å². The topological polar surface area (TPSA) is 79.0 Å². The summed E-state index contributed by atoms with van der Waals surface area (Å²) < 4.78 is 4.69. The fraction of sp³-hybridized carbons (Fsp3) is 0.471. The predicted molar refractivity (Wildman–Crippen MR) is 85.7 cm³/mol. The Balaban J connectivity index is 1.91. The van der Waals surface area contributed by atoms with Crippen molar-refractivity contribution in [3.63, 3.8) is 0 Å². The number of rotatable bonds is 3. The van der Waals surface area contributed by atoms with Gasteiger partial charge in [0, 0.05) is 13.1 Å². The molecule has 0 unspecified atom stereocenters. The van der Waals surface area contributed by atoms with E-state index < -0.39 is 17.9 Å². The van der Waals surface area contributed by atoms with Crippen molar-refractivity contribution in [1.29, 1.82) is 0 Å². The maximum absolute atomic E-state index is 12.8. The van der Waals surface area contributed by atoms with Crippen molar-refractivity contribution in [3.8, 4) is 0 Å². The van der Waals surface area contributed by atoms with Gasteiger partial charge in [-0.05, 0) is 31.5 Å². The second kappa shape index (κ2) is 5.99. The van der Waals surface area contributed by atoms with E-state index in [2.05, 4.69) is 5.43 Å². The molecule has 1 N–H and O–H groups in total. The molecule has 2 saturated heterocycles. The number of likely N-dealkylation sites (N-methyl/N-ethyl adjacent to an activating group) is 1. The van der Waals surface area contributed by atoms with Gasteiger partial charge in [-0.15, -0.1) is 0 Å². The Bertz CT molecular complexity index is 686. The average molecular weight is 331 g/mol. The highest BCUT2D eigenvalue weighted by molar-refractivity contribution is 6.08. The Morgan fingerprint density at radius 2 is 1.79 bits per heavy atom. The van der Waals surface area contributed by atoms with Gasteiger partial charge in [0.1, 0.15) is 6.04 Å². The minimum Gasteiger partial charge on any atom is -0.465 e. The fourth-order valence-electron chi connectivity index (χ4n) is 3.55. The first-order chi connectivity index (χ1) is 11.4. The minimum absolute atomic E-state index is 0.154. The maximum atomic E-state index is 12.8. The number of nitrogens with one attached hydrogen (secondary N) is 1. The van der Waals surface area contributed by atoms with Crippen molar-refractivity contribution in [2.45, 2.75) is 32.0 Å². The summed E-state index contributed by atoms with van der Waals surface area (Å²) in [5.74, 6) is -1.19. The van der Waals surface area contributed by atoms with Crippen LogP contribution < -0.4 is 5.43 Å². The number of imide groups is 1. The molecule has 0 spiro atoms. The Morgan fingerprint density at radius 3 is 2.33 bits per heavy atom. The van der Waals surface area contributed by atoms with E-state index in [0.717, 1.165) is 5.56 Å². The number of fused-ring (bicyclic) bond motifs is 1. The number of esters is 1. The second-order valence-corrected chi connectivity index (χ2v) is 6.44. The first-order valence-corrected chi connectivity index (χ1v) is 7.91. The highest BCUT2D eigenvalue weighted by Crippen LogP contribution is 2.40. The molecule has 0 saturated carbocycles. The van der Waals surface area contributed by atoms with Crippen LogP contribution in [0.1, 0.15) is 35.8 Å². The van der Waals surface area contributed by atoms with E-state index in [9.17, 15) is 14.4 Å². The van der Waals surface area contributed by atoms with Crippen molar-refractivity contribution in [2.75, 3.05) is 14.2 Å². The number of hydrogen-bond donors (Lipinski definition) is 1. The Morgan fingerprint density at radius 1 is 1.17 bits per heavy atom. The van der Waals surface area contributed by atoms with Crippen molar-refractivity contribution >= 4 is 17.8 Å². The van der Waals surface area contributed by atoms with Crippen molar-refractivity contribution in [2.24, 2.45) is 5.92 Å². The molecular formula is C17H21N3O4. The summed E-state index contributed by atoms with van der Waals surface area (Å²) in [7, 11) is 3.10. The number of benzene rings is 1. The number of likely N-dealkylation sites (tertiary alicyclic amines) is 1. The molecule has 2 aliphatic rings. The van der Waals surface area contributed by atoms with E-state index in [1.165, 1.54) is 12.0 Å². The highest BCUT2D eigenvalue weighted by atomic mass is 16.5. The lowest BCUT2D eigenvalue weighted by molar-refractivity contribution is -0.143. The van der Waals surface area contributed by atoms with Gasteiger partial charge in [0.25, 0.3) is 0 Å². The molecule has 128 valence electrons. The van der Waals surface area contributed by atoms with Crippen molar-refractivity contribution in [3.05, 3.63) is 35.4 Å². The minimum atomic E-state index is -0.495. The molecule has 7 nitrogen and oxygen atoms in total. The zero-order chi connectivity index (χ0) is 17.6. The number of hydrazine groups is 1. The zero-order valence-electron chi connectivity index (χ0n) is 14.1. The summed E-state index contributed by atoms with van der Waals surface area (Å²) in [4.78, 5) is 38.2. The molecule has 3 rings (SSSR count). The maximum Gasteiger partial charge on any atom is 0.337 e. The average Bonchev–Trinajstić information content (AvgIpc) is 3.03. The monoisotopic (exact) mass is 331 g/mol. The first kappa shape index (κ1) is 16.6. The Hall–Kier alpha value is -2.25. The molecule has 1 aromatic carbocycles. The SMILES string of the molecule is COC(=O)c1ccc([C@@H]2NN(C)[C@@H]3C(=O)N(C(C)C)C(=O)[C@@H]32)cc1. The molecule has 2 amide bonds. The van der Waals surface area contributed by atoms with E-state index in [1.807, 2.05) is 13.8 Å². The van der Waals surface area contributed by atoms with E-state index in [1.54, 1.807) is 36.3 Å². The van der Waals surface area contributed by atoms with Crippen LogP contribution in [0.25, 0.3) is 0 Å². The molecule has 24 heavy (non-hydrogen) atoms. The number of amides is 2. The molecular weight excluding hydrogens is 310 g/mol. The van der Waals surface area contributed by atoms with E-state index >= 15 is 0 Å². The van der Waals surface area contributed by atoms with Gasteiger partial charge in [-0.3, -0.25) is 14.5 Å². The summed E-state index contributed by atoms with van der Waals surface area (Å²) in [5, 5.41) is 1.71. The number of nitrogens with zero attached hydrogens (tertiary/aromatic N) is 2. The van der Waals surface area contributed by atoms with Gasteiger partial charge in [-0.2, -0.15) is 0 Å². The third kappa shape index (κ3) is 2.40. The lowest BCUT2D eigenvalue weighted by atomic mass is 9.90. The van der Waals surface area contributed by atoms with Gasteiger partial charge in [0.15, 0.2) is 0 Å². The van der Waals surface area contributed by atoms with Gasteiger partial charge in [-0.1, -0.05) is 12.1 Å². The second-order valence-electron chi connectivity index (χ2n) is 6.44. The molecule has 2 aliphatic heterocycles. The van der Waals surface area contributed by atoms with Gasteiger partial charge in [-0.25, -0.2) is 15.2 Å². The smallest absolute Gasteiger partial charge is 0.337 e. The lowest BCUT2D eigenvalue weighted by Gasteiger charge is -2.24. The Kier molecular flexibility index (Phi) is 4.15. The first-order valence-electron chi connectivity index (χ1n) is 7.91. The molecule has 0 radical (unpaired) electrons. The van der Waals surface area contributed by atoms with Crippen molar-refractivity contribution < 1.29 is 19.1 Å². The molecule has 7 heteroatoms. The molecule has 2 heterocycles. The number of hydrogen-bond acceptors (Lipinski definition) is 6. The van der Waals surface area contributed by atoms with Crippen LogP contribution in [-0.4, -0.2) is 53.9 Å². The van der Waals surface area contributed by atoms with Gasteiger partial charge < -0.3 is 4.74 Å². The number of methoxy groups -OCH3 is 1. The van der Waals surface area contributed by atoms with Gasteiger partial charge >= 0.3 is 5.97 Å². The van der Waals surface area contributed by atoms with Gasteiger partial charge in [0.05, 0.1) is 24.6 Å². The molecule has 3 atom stereocenters. The number of carbonyl (C=O) groups is 3. The van der Waals surface area contributed by atoms with Crippen LogP contribution in [0.4, 0.5) is 0 Å². The van der Waals surface area contributed by atoms with Crippen LogP contribution in [0.2, 0.25) is 0 Å². The Labute approximate surface area is 140 Å². The van der Waals surface area contributed by atoms with Crippen LogP contribution in [0, 0.1) is 5.92 Å². The van der Waals surface area contributed by atoms with Crippen LogP contribution >= 0.6 is 0 Å². The number of carbonyl (C=O) groups excluding carboxylic acids is 3. The fourth-order valence-corrected chi connectivity index (χ4v) is 3.55. The summed E-state index contributed by atoms with van der Waals surface area (Å²) in [6.45, 7) is 3.68. The largest absolute Gasteiger partial charge is 0.465 e.